The summed E-state index contributed by atoms with van der Waals surface area (Å²) in [5.74, 6) is 0.0682. The van der Waals surface area contributed by atoms with Crippen LogP contribution < -0.4 is 5.73 Å². The van der Waals surface area contributed by atoms with E-state index < -0.39 is 0 Å². The van der Waals surface area contributed by atoms with Crippen molar-refractivity contribution in [1.82, 2.24) is 4.98 Å². The van der Waals surface area contributed by atoms with Crippen molar-refractivity contribution in [3.63, 3.8) is 0 Å². The van der Waals surface area contributed by atoms with E-state index in [2.05, 4.69) is 10.1 Å². The second-order valence-corrected chi connectivity index (χ2v) is 5.61. The van der Waals surface area contributed by atoms with Gasteiger partial charge in [-0.1, -0.05) is 12.1 Å². The van der Waals surface area contributed by atoms with Crippen LogP contribution >= 0.6 is 11.8 Å². The second kappa shape index (κ2) is 6.61. The predicted molar refractivity (Wildman–Crippen MR) is 73.2 cm³/mol. The second-order valence-electron chi connectivity index (χ2n) is 4.19. The van der Waals surface area contributed by atoms with E-state index in [9.17, 15) is 0 Å². The number of oxime groups is 1. The molecule has 1 unspecified atom stereocenters. The Kier molecular flexibility index (Phi) is 5.43. The van der Waals surface area contributed by atoms with Crippen molar-refractivity contribution in [3.8, 4) is 0 Å². The molecule has 6 heteroatoms. The SMILES string of the molecule is Cc1cc(C)c(C(N)=NO)c(SC(C)CCO)n1. The maximum Gasteiger partial charge on any atom is 0.173 e. The molecule has 0 fully saturated rings. The molecule has 4 N–H and O–H groups in total. The maximum atomic E-state index is 8.93. The van der Waals surface area contributed by atoms with Crippen LogP contribution in [0.15, 0.2) is 16.2 Å². The topological polar surface area (TPSA) is 91.7 Å². The predicted octanol–water partition coefficient (Wildman–Crippen LogP) is 1.66. The van der Waals surface area contributed by atoms with Crippen LogP contribution in [0.4, 0.5) is 0 Å². The largest absolute Gasteiger partial charge is 0.409 e. The average Bonchev–Trinajstić information content (AvgIpc) is 2.27. The van der Waals surface area contributed by atoms with Crippen molar-refractivity contribution >= 4 is 17.6 Å². The minimum absolute atomic E-state index is 0.0682. The van der Waals surface area contributed by atoms with Crippen LogP contribution in [0.1, 0.15) is 30.2 Å². The van der Waals surface area contributed by atoms with E-state index >= 15 is 0 Å². The van der Waals surface area contributed by atoms with Crippen LogP contribution in [-0.2, 0) is 0 Å². The molecule has 0 bridgehead atoms. The minimum atomic E-state index is 0.0682. The molecular weight excluding hydrogens is 250 g/mol. The molecule has 0 aliphatic heterocycles. The highest BCUT2D eigenvalue weighted by Gasteiger charge is 2.16. The zero-order valence-corrected chi connectivity index (χ0v) is 11.7. The summed E-state index contributed by atoms with van der Waals surface area (Å²) >= 11 is 1.52. The van der Waals surface area contributed by atoms with E-state index in [1.165, 1.54) is 11.8 Å². The van der Waals surface area contributed by atoms with E-state index in [1.54, 1.807) is 0 Å². The average molecular weight is 269 g/mol. The number of thioether (sulfide) groups is 1. The van der Waals surface area contributed by atoms with Gasteiger partial charge in [-0.15, -0.1) is 11.8 Å². The quantitative estimate of drug-likeness (QED) is 0.248. The van der Waals surface area contributed by atoms with Gasteiger partial charge in [0, 0.05) is 17.6 Å². The monoisotopic (exact) mass is 269 g/mol. The van der Waals surface area contributed by atoms with Crippen LogP contribution in [0.25, 0.3) is 0 Å². The molecule has 0 amide bonds. The van der Waals surface area contributed by atoms with Gasteiger partial charge in [0.25, 0.3) is 0 Å². The van der Waals surface area contributed by atoms with Crippen LogP contribution in [0.2, 0.25) is 0 Å². The Morgan fingerprint density at radius 2 is 2.22 bits per heavy atom. The zero-order chi connectivity index (χ0) is 13.7. The molecule has 1 atom stereocenters. The van der Waals surface area contributed by atoms with Crippen LogP contribution in [0.3, 0.4) is 0 Å². The lowest BCUT2D eigenvalue weighted by atomic mass is 10.1. The van der Waals surface area contributed by atoms with Gasteiger partial charge >= 0.3 is 0 Å². The molecule has 0 aromatic carbocycles. The third-order valence-corrected chi connectivity index (χ3v) is 3.68. The lowest BCUT2D eigenvalue weighted by Gasteiger charge is -2.14. The first-order valence-electron chi connectivity index (χ1n) is 5.73. The van der Waals surface area contributed by atoms with Gasteiger partial charge in [0.1, 0.15) is 5.03 Å². The summed E-state index contributed by atoms with van der Waals surface area (Å²) in [5, 5.41) is 21.8. The number of nitrogens with two attached hydrogens (primary N) is 1. The van der Waals surface area contributed by atoms with Crippen LogP contribution in [-0.4, -0.2) is 33.0 Å². The third-order valence-electron chi connectivity index (χ3n) is 2.52. The Labute approximate surface area is 111 Å². The van der Waals surface area contributed by atoms with Gasteiger partial charge in [-0.2, -0.15) is 0 Å². The highest BCUT2D eigenvalue weighted by atomic mass is 32.2. The van der Waals surface area contributed by atoms with Gasteiger partial charge in [-0.3, -0.25) is 0 Å². The molecule has 1 rings (SSSR count). The summed E-state index contributed by atoms with van der Waals surface area (Å²) < 4.78 is 0. The Morgan fingerprint density at radius 3 is 2.78 bits per heavy atom. The number of aromatic nitrogens is 1. The number of hydrogen-bond donors (Lipinski definition) is 3. The number of hydrogen-bond acceptors (Lipinski definition) is 5. The van der Waals surface area contributed by atoms with Crippen molar-refractivity contribution in [2.75, 3.05) is 6.61 Å². The van der Waals surface area contributed by atoms with E-state index in [0.29, 0.717) is 12.0 Å². The third kappa shape index (κ3) is 3.61. The number of pyridine rings is 1. The molecule has 0 saturated heterocycles. The number of nitrogens with zero attached hydrogens (tertiary/aromatic N) is 2. The fraction of sp³-hybridized carbons (Fsp3) is 0.500. The number of aliphatic hydroxyl groups excluding tert-OH is 1. The summed E-state index contributed by atoms with van der Waals surface area (Å²) in [7, 11) is 0. The molecule has 100 valence electrons. The molecule has 0 aliphatic rings. The molecular formula is C12H19N3O2S. The van der Waals surface area contributed by atoms with Crippen molar-refractivity contribution in [2.24, 2.45) is 10.9 Å². The standard InChI is InChI=1S/C12H19N3O2S/c1-7-6-8(2)14-12(10(7)11(13)15-17)18-9(3)4-5-16/h6,9,16-17H,4-5H2,1-3H3,(H2,13,15). The maximum absolute atomic E-state index is 8.93. The molecule has 0 aliphatic carbocycles. The van der Waals surface area contributed by atoms with Crippen LogP contribution in [0.5, 0.6) is 0 Å². The van der Waals surface area contributed by atoms with E-state index in [4.69, 9.17) is 16.0 Å². The normalized spacial score (nSPS) is 13.7. The summed E-state index contributed by atoms with van der Waals surface area (Å²) in [6.07, 6.45) is 0.676. The van der Waals surface area contributed by atoms with Crippen molar-refractivity contribution < 1.29 is 10.3 Å². The number of rotatable bonds is 5. The molecule has 0 radical (unpaired) electrons. The van der Waals surface area contributed by atoms with Crippen molar-refractivity contribution in [3.05, 3.63) is 22.9 Å². The first-order valence-corrected chi connectivity index (χ1v) is 6.61. The Balaban J connectivity index is 3.15. The van der Waals surface area contributed by atoms with Crippen molar-refractivity contribution in [2.45, 2.75) is 37.5 Å². The summed E-state index contributed by atoms with van der Waals surface area (Å²) in [4.78, 5) is 4.43. The molecule has 18 heavy (non-hydrogen) atoms. The van der Waals surface area contributed by atoms with Crippen LogP contribution in [0, 0.1) is 13.8 Å². The summed E-state index contributed by atoms with van der Waals surface area (Å²) in [5.41, 5.74) is 8.17. The molecule has 0 spiro atoms. The number of aryl methyl sites for hydroxylation is 2. The smallest absolute Gasteiger partial charge is 0.173 e. The highest BCUT2D eigenvalue weighted by molar-refractivity contribution is 7.99. The number of amidine groups is 1. The molecule has 0 saturated carbocycles. The Morgan fingerprint density at radius 1 is 1.56 bits per heavy atom. The van der Waals surface area contributed by atoms with Gasteiger partial charge in [-0.05, 0) is 31.9 Å². The molecule has 1 aromatic rings. The lowest BCUT2D eigenvalue weighted by molar-refractivity contribution is 0.289. The van der Waals surface area contributed by atoms with Gasteiger partial charge < -0.3 is 16.0 Å². The van der Waals surface area contributed by atoms with E-state index in [0.717, 1.165) is 16.3 Å². The van der Waals surface area contributed by atoms with Crippen molar-refractivity contribution in [1.29, 1.82) is 0 Å². The van der Waals surface area contributed by atoms with Gasteiger partial charge in [0.15, 0.2) is 5.84 Å². The first-order chi connectivity index (χ1) is 8.49. The van der Waals surface area contributed by atoms with E-state index in [-0.39, 0.29) is 17.7 Å². The van der Waals surface area contributed by atoms with Gasteiger partial charge in [-0.25, -0.2) is 4.98 Å². The summed E-state index contributed by atoms with van der Waals surface area (Å²) in [6, 6.07) is 1.90. The molecule has 5 nitrogen and oxygen atoms in total. The summed E-state index contributed by atoms with van der Waals surface area (Å²) in [6.45, 7) is 5.96. The van der Waals surface area contributed by atoms with E-state index in [1.807, 2.05) is 26.8 Å². The fourth-order valence-corrected chi connectivity index (χ4v) is 2.87. The Bertz CT molecular complexity index is 449. The fourth-order valence-electron chi connectivity index (χ4n) is 1.68. The highest BCUT2D eigenvalue weighted by Crippen LogP contribution is 2.28. The minimum Gasteiger partial charge on any atom is -0.409 e. The molecule has 1 aromatic heterocycles. The van der Waals surface area contributed by atoms with Gasteiger partial charge in [0.2, 0.25) is 0 Å². The van der Waals surface area contributed by atoms with Gasteiger partial charge in [0.05, 0.1) is 5.56 Å². The first kappa shape index (κ1) is 14.8. The lowest BCUT2D eigenvalue weighted by Crippen LogP contribution is -2.18. The number of aliphatic hydroxyl groups is 1. The zero-order valence-electron chi connectivity index (χ0n) is 10.8. The molecule has 1 heterocycles. The Hall–Kier alpha value is -1.27.